The van der Waals surface area contributed by atoms with Crippen molar-refractivity contribution in [3.05, 3.63) is 53.2 Å². The number of alkyl carbamates (subject to hydrolysis) is 1. The molecule has 13 nitrogen and oxygen atoms in total. The van der Waals surface area contributed by atoms with Crippen molar-refractivity contribution in [3.8, 4) is 0 Å². The zero-order chi connectivity index (χ0) is 26.5. The van der Waals surface area contributed by atoms with E-state index in [1.54, 1.807) is 0 Å². The van der Waals surface area contributed by atoms with Crippen LogP contribution in [0.5, 0.6) is 0 Å². The van der Waals surface area contributed by atoms with Gasteiger partial charge in [0.05, 0.1) is 12.6 Å². The number of aliphatic hydroxyl groups is 1. The predicted octanol–water partition coefficient (Wildman–Crippen LogP) is 2.42. The molecule has 3 amide bonds. The highest BCUT2D eigenvalue weighted by molar-refractivity contribution is 7.99. The number of rotatable bonds is 12. The molecule has 1 heterocycles. The maximum Gasteiger partial charge on any atom is 0.412 e. The van der Waals surface area contributed by atoms with Crippen molar-refractivity contribution < 1.29 is 38.1 Å². The molecule has 0 aromatic heterocycles. The number of nitrogens with one attached hydrogen (secondary N) is 2. The summed E-state index contributed by atoms with van der Waals surface area (Å²) >= 11 is 1.17. The molecule has 196 valence electrons. The van der Waals surface area contributed by atoms with Gasteiger partial charge in [-0.2, -0.15) is 0 Å². The molecule has 0 radical (unpaired) electrons. The smallest absolute Gasteiger partial charge is 0.412 e. The number of anilines is 1. The van der Waals surface area contributed by atoms with Crippen molar-refractivity contribution in [2.24, 2.45) is 10.8 Å². The number of primary amides is 1. The average molecular weight is 527 g/mol. The lowest BCUT2D eigenvalue weighted by Gasteiger charge is -2.43. The van der Waals surface area contributed by atoms with Gasteiger partial charge in [0.2, 0.25) is 5.91 Å². The molecule has 0 aliphatic carbocycles. The summed E-state index contributed by atoms with van der Waals surface area (Å²) in [6.07, 6.45) is -4.00. The maximum absolute atomic E-state index is 13.2. The quantitative estimate of drug-likeness (QED) is 0.105. The summed E-state index contributed by atoms with van der Waals surface area (Å²) < 4.78 is 29.4. The molecule has 1 aromatic carbocycles. The molecule has 0 saturated carbocycles. The molecule has 5 atom stereocenters. The van der Waals surface area contributed by atoms with E-state index in [1.807, 2.05) is 0 Å². The Hall–Kier alpha value is -3.52. The van der Waals surface area contributed by atoms with E-state index in [2.05, 4.69) is 27.2 Å². The highest BCUT2D eigenvalue weighted by atomic mass is 32.2. The number of carbonyl (C=O) groups excluding carboxylic acids is 3. The van der Waals surface area contributed by atoms with Crippen LogP contribution in [0.4, 0.5) is 19.7 Å². The van der Waals surface area contributed by atoms with Gasteiger partial charge < -0.3 is 30.4 Å². The fourth-order valence-electron chi connectivity index (χ4n) is 3.18. The van der Waals surface area contributed by atoms with Crippen LogP contribution in [0.2, 0.25) is 0 Å². The third-order valence-corrected chi connectivity index (χ3v) is 6.06. The largest absolute Gasteiger partial charge is 0.445 e. The minimum absolute atomic E-state index is 0.103. The normalized spacial score (nSPS) is 23.0. The number of aliphatic hydroxyl groups excluding tert-OH is 1. The summed E-state index contributed by atoms with van der Waals surface area (Å²) in [5.74, 6) is -0.627. The topological polar surface area (TPSA) is 198 Å². The first-order valence-corrected chi connectivity index (χ1v) is 11.8. The minimum Gasteiger partial charge on any atom is -0.445 e. The summed E-state index contributed by atoms with van der Waals surface area (Å²) in [6.45, 7) is 3.06. The van der Waals surface area contributed by atoms with Gasteiger partial charge in [-0.3, -0.25) is 10.1 Å². The first-order valence-electron chi connectivity index (χ1n) is 10.8. The fraction of sp³-hybridized carbons (Fsp3) is 0.476. The van der Waals surface area contributed by atoms with Crippen molar-refractivity contribution in [1.29, 1.82) is 0 Å². The lowest BCUT2D eigenvalue weighted by atomic mass is 9.97. The van der Waals surface area contributed by atoms with Gasteiger partial charge in [-0.1, -0.05) is 17.8 Å². The van der Waals surface area contributed by atoms with Crippen molar-refractivity contribution in [2.45, 2.75) is 42.6 Å². The monoisotopic (exact) mass is 526 g/mol. The molecule has 0 bridgehead atoms. The molecule has 5 N–H and O–H groups in total. The number of thioether (sulfide) groups is 1. The predicted molar refractivity (Wildman–Crippen MR) is 128 cm³/mol. The Morgan fingerprint density at radius 3 is 2.69 bits per heavy atom. The Labute approximate surface area is 210 Å². The van der Waals surface area contributed by atoms with E-state index in [-0.39, 0.29) is 25.3 Å². The third-order valence-electron chi connectivity index (χ3n) is 4.80. The lowest BCUT2D eigenvalue weighted by molar-refractivity contribution is -0.154. The highest BCUT2D eigenvalue weighted by Gasteiger charge is 2.48. The van der Waals surface area contributed by atoms with Gasteiger partial charge in [-0.05, 0) is 42.0 Å². The Morgan fingerprint density at radius 1 is 1.33 bits per heavy atom. The number of nitrogens with zero attached hydrogens (tertiary/aromatic N) is 3. The second-order valence-electron chi connectivity index (χ2n) is 7.45. The first-order chi connectivity index (χ1) is 17.2. The van der Waals surface area contributed by atoms with Crippen LogP contribution in [0.1, 0.15) is 12.8 Å². The van der Waals surface area contributed by atoms with E-state index in [0.29, 0.717) is 12.2 Å². The van der Waals surface area contributed by atoms with Crippen molar-refractivity contribution in [1.82, 2.24) is 5.32 Å². The van der Waals surface area contributed by atoms with E-state index in [4.69, 9.17) is 25.5 Å². The van der Waals surface area contributed by atoms with Crippen LogP contribution >= 0.6 is 11.8 Å². The van der Waals surface area contributed by atoms with E-state index in [1.165, 1.54) is 30.0 Å². The fourth-order valence-corrected chi connectivity index (χ4v) is 4.38. The molecule has 0 unspecified atom stereocenters. The zero-order valence-electron chi connectivity index (χ0n) is 19.1. The molecule has 1 aromatic rings. The number of carbonyl (C=O) groups is 3. The maximum atomic E-state index is 13.2. The molecule has 15 heteroatoms. The summed E-state index contributed by atoms with van der Waals surface area (Å²) in [7, 11) is 0. The molecule has 2 rings (SSSR count). The lowest BCUT2D eigenvalue weighted by Crippen LogP contribution is -2.64. The molecular formula is C21H27FN6O7S. The summed E-state index contributed by atoms with van der Waals surface area (Å²) in [4.78, 5) is 38.6. The molecular weight excluding hydrogens is 499 g/mol. The Morgan fingerprint density at radius 2 is 2.06 bits per heavy atom. The van der Waals surface area contributed by atoms with Crippen LogP contribution in [0.25, 0.3) is 10.4 Å². The number of nitrogens with two attached hydrogens (primary N) is 1. The van der Waals surface area contributed by atoms with Crippen LogP contribution in [0, 0.1) is 5.82 Å². The third kappa shape index (κ3) is 9.26. The highest BCUT2D eigenvalue weighted by Crippen LogP contribution is 2.31. The van der Waals surface area contributed by atoms with Crippen LogP contribution in [-0.4, -0.2) is 71.9 Å². The number of hydrogen-bond acceptors (Lipinski definition) is 9. The second-order valence-corrected chi connectivity index (χ2v) is 8.65. The van der Waals surface area contributed by atoms with Crippen molar-refractivity contribution in [3.63, 3.8) is 0 Å². The number of azide groups is 1. The molecule has 1 aliphatic rings. The van der Waals surface area contributed by atoms with E-state index < -0.39 is 53.7 Å². The number of hydrogen-bond donors (Lipinski definition) is 4. The number of amides is 3. The van der Waals surface area contributed by atoms with E-state index >= 15 is 0 Å². The van der Waals surface area contributed by atoms with Gasteiger partial charge >= 0.3 is 12.2 Å². The Bertz CT molecular complexity index is 963. The van der Waals surface area contributed by atoms with Gasteiger partial charge in [0, 0.05) is 17.0 Å². The molecule has 1 saturated heterocycles. The van der Waals surface area contributed by atoms with Gasteiger partial charge in [-0.25, -0.2) is 14.0 Å². The molecule has 1 aliphatic heterocycles. The van der Waals surface area contributed by atoms with Crippen molar-refractivity contribution in [2.75, 3.05) is 24.2 Å². The Kier molecular flexibility index (Phi) is 11.8. The standard InChI is InChI=1S/C21H27FN6O7S/c1-2-9-33-20(31)27-16-18(35-21(32)26-13-7-5-12(22)6-8-13)17(30)14(11-25-28-24)34-19(16)36-10-3-4-15(23)29/h2,5-8,14,16-19,30H,1,3-4,9-11H2,(H2,23,29)(H,26,32)(H,27,31)/t14-,16-,17+,18-,19-/m1/s1. The van der Waals surface area contributed by atoms with Gasteiger partial charge in [0.15, 0.2) is 6.10 Å². The first kappa shape index (κ1) is 28.7. The molecule has 0 spiro atoms. The summed E-state index contributed by atoms with van der Waals surface area (Å²) in [5.41, 5.74) is 13.2. The van der Waals surface area contributed by atoms with Crippen LogP contribution in [0.3, 0.4) is 0 Å². The Balaban J connectivity index is 2.25. The zero-order valence-corrected chi connectivity index (χ0v) is 19.9. The van der Waals surface area contributed by atoms with Gasteiger partial charge in [-0.15, -0.1) is 11.8 Å². The van der Waals surface area contributed by atoms with E-state index in [9.17, 15) is 23.9 Å². The number of ether oxygens (including phenoxy) is 3. The number of halogens is 1. The van der Waals surface area contributed by atoms with Crippen molar-refractivity contribution >= 4 is 35.5 Å². The van der Waals surface area contributed by atoms with Gasteiger partial charge in [0.25, 0.3) is 0 Å². The molecule has 1 fully saturated rings. The van der Waals surface area contributed by atoms with Crippen LogP contribution in [-0.2, 0) is 19.0 Å². The SMILES string of the molecule is C=CCOC(=O)N[C@@H]1[C@@H](OC(=O)Nc2ccc(F)cc2)[C@@H](O)[C@@H](CN=[N+]=[N-])O[C@@H]1SCCCC(N)=O. The summed E-state index contributed by atoms with van der Waals surface area (Å²) in [5, 5.41) is 19.2. The summed E-state index contributed by atoms with van der Waals surface area (Å²) in [6, 6.07) is 3.76. The number of benzene rings is 1. The average Bonchev–Trinajstić information content (AvgIpc) is 2.84. The minimum atomic E-state index is -1.51. The van der Waals surface area contributed by atoms with Crippen LogP contribution in [0.15, 0.2) is 42.0 Å². The van der Waals surface area contributed by atoms with Gasteiger partial charge in [0.1, 0.15) is 30.0 Å². The van der Waals surface area contributed by atoms with E-state index in [0.717, 1.165) is 12.1 Å². The second kappa shape index (κ2) is 14.8. The molecule has 36 heavy (non-hydrogen) atoms. The van der Waals surface area contributed by atoms with Crippen LogP contribution < -0.4 is 16.4 Å².